The monoisotopic (exact) mass is 202 g/mol. The Bertz CT molecular complexity index is 193. The predicted molar refractivity (Wildman–Crippen MR) is 57.0 cm³/mol. The number of methoxy groups -OCH3 is 1. The zero-order valence-electron chi connectivity index (χ0n) is 9.83. The van der Waals surface area contributed by atoms with E-state index >= 15 is 0 Å². The Kier molecular flexibility index (Phi) is 5.08. The maximum atomic E-state index is 11.1. The van der Waals surface area contributed by atoms with Gasteiger partial charge in [0.1, 0.15) is 6.04 Å². The molecule has 0 saturated heterocycles. The second kappa shape index (κ2) is 5.32. The summed E-state index contributed by atoms with van der Waals surface area (Å²) in [6.45, 7) is 6.88. The van der Waals surface area contributed by atoms with Gasteiger partial charge in [-0.1, -0.05) is 6.92 Å². The van der Waals surface area contributed by atoms with Gasteiger partial charge in [-0.25, -0.2) is 0 Å². The molecular formula is C10H22N2O2. The molecule has 1 unspecified atom stereocenters. The van der Waals surface area contributed by atoms with E-state index in [4.69, 9.17) is 5.73 Å². The molecule has 2 N–H and O–H groups in total. The lowest BCUT2D eigenvalue weighted by atomic mass is 9.99. The molecule has 0 bridgehead atoms. The van der Waals surface area contributed by atoms with Crippen LogP contribution in [0.15, 0.2) is 0 Å². The van der Waals surface area contributed by atoms with Crippen molar-refractivity contribution in [2.45, 2.75) is 38.8 Å². The summed E-state index contributed by atoms with van der Waals surface area (Å²) < 4.78 is 4.57. The van der Waals surface area contributed by atoms with E-state index in [9.17, 15) is 4.79 Å². The minimum atomic E-state index is -0.559. The van der Waals surface area contributed by atoms with E-state index in [-0.39, 0.29) is 11.5 Å². The van der Waals surface area contributed by atoms with Gasteiger partial charge in [-0.2, -0.15) is 0 Å². The first-order chi connectivity index (χ1) is 6.35. The number of likely N-dealkylation sites (N-methyl/N-ethyl adjacent to an activating group) is 1. The minimum absolute atomic E-state index is 0.0612. The maximum Gasteiger partial charge on any atom is 0.323 e. The Morgan fingerprint density at radius 3 is 2.43 bits per heavy atom. The van der Waals surface area contributed by atoms with Crippen LogP contribution in [0.2, 0.25) is 0 Å². The van der Waals surface area contributed by atoms with Crippen LogP contribution in [0.4, 0.5) is 0 Å². The Labute approximate surface area is 86.4 Å². The number of hydrogen-bond donors (Lipinski definition) is 1. The van der Waals surface area contributed by atoms with E-state index < -0.39 is 6.04 Å². The van der Waals surface area contributed by atoms with Crippen LogP contribution in [0.25, 0.3) is 0 Å². The molecule has 0 amide bonds. The lowest BCUT2D eigenvalue weighted by molar-refractivity contribution is -0.142. The Hall–Kier alpha value is -0.610. The second-order valence-electron chi connectivity index (χ2n) is 4.18. The number of nitrogens with two attached hydrogens (primary N) is 1. The van der Waals surface area contributed by atoms with Gasteiger partial charge in [0.05, 0.1) is 7.11 Å². The first-order valence-electron chi connectivity index (χ1n) is 4.89. The zero-order valence-corrected chi connectivity index (χ0v) is 9.83. The van der Waals surface area contributed by atoms with Crippen molar-refractivity contribution in [2.24, 2.45) is 5.73 Å². The number of esters is 1. The molecule has 4 heteroatoms. The van der Waals surface area contributed by atoms with Crippen molar-refractivity contribution in [3.8, 4) is 0 Å². The summed E-state index contributed by atoms with van der Waals surface area (Å²) in [5.41, 5.74) is 5.72. The van der Waals surface area contributed by atoms with Gasteiger partial charge in [0, 0.05) is 12.1 Å². The summed E-state index contributed by atoms with van der Waals surface area (Å²) >= 11 is 0. The summed E-state index contributed by atoms with van der Waals surface area (Å²) in [6.07, 6.45) is 1.01. The molecule has 0 rings (SSSR count). The van der Waals surface area contributed by atoms with Gasteiger partial charge in [0.15, 0.2) is 0 Å². The fraction of sp³-hybridized carbons (Fsp3) is 0.900. The van der Waals surface area contributed by atoms with Gasteiger partial charge in [-0.15, -0.1) is 0 Å². The fourth-order valence-corrected chi connectivity index (χ4v) is 1.04. The third-order valence-electron chi connectivity index (χ3n) is 2.87. The van der Waals surface area contributed by atoms with E-state index in [1.54, 1.807) is 0 Å². The molecule has 1 atom stereocenters. The Morgan fingerprint density at radius 1 is 1.57 bits per heavy atom. The summed E-state index contributed by atoms with van der Waals surface area (Å²) in [4.78, 5) is 13.2. The van der Waals surface area contributed by atoms with E-state index in [1.165, 1.54) is 7.11 Å². The molecule has 0 aliphatic heterocycles. The highest BCUT2D eigenvalue weighted by atomic mass is 16.5. The number of hydrogen-bond acceptors (Lipinski definition) is 4. The van der Waals surface area contributed by atoms with E-state index in [0.29, 0.717) is 6.54 Å². The van der Waals surface area contributed by atoms with Crippen LogP contribution < -0.4 is 5.73 Å². The van der Waals surface area contributed by atoms with Crippen molar-refractivity contribution in [2.75, 3.05) is 20.7 Å². The number of carbonyl (C=O) groups is 1. The molecule has 0 aromatic rings. The summed E-state index contributed by atoms with van der Waals surface area (Å²) in [5.74, 6) is -0.358. The molecule has 0 aromatic carbocycles. The summed E-state index contributed by atoms with van der Waals surface area (Å²) in [7, 11) is 3.32. The molecule has 14 heavy (non-hydrogen) atoms. The number of nitrogens with zero attached hydrogens (tertiary/aromatic N) is 1. The highest BCUT2D eigenvalue weighted by molar-refractivity contribution is 5.75. The molecule has 0 aromatic heterocycles. The third kappa shape index (κ3) is 3.64. The molecule has 84 valence electrons. The van der Waals surface area contributed by atoms with E-state index in [2.05, 4.69) is 30.4 Å². The summed E-state index contributed by atoms with van der Waals surface area (Å²) in [6, 6.07) is -0.559. The molecule has 0 radical (unpaired) electrons. The van der Waals surface area contributed by atoms with Crippen molar-refractivity contribution in [1.29, 1.82) is 0 Å². The van der Waals surface area contributed by atoms with Crippen LogP contribution in [-0.2, 0) is 9.53 Å². The molecule has 0 heterocycles. The maximum absolute atomic E-state index is 11.1. The van der Waals surface area contributed by atoms with Crippen molar-refractivity contribution in [1.82, 2.24) is 4.90 Å². The largest absolute Gasteiger partial charge is 0.468 e. The molecule has 4 nitrogen and oxygen atoms in total. The highest BCUT2D eigenvalue weighted by Gasteiger charge is 2.25. The molecule has 0 saturated carbocycles. The van der Waals surface area contributed by atoms with Crippen molar-refractivity contribution >= 4 is 5.97 Å². The third-order valence-corrected chi connectivity index (χ3v) is 2.87. The Morgan fingerprint density at radius 2 is 2.07 bits per heavy atom. The van der Waals surface area contributed by atoms with Gasteiger partial charge in [-0.3, -0.25) is 9.69 Å². The standard InChI is InChI=1S/C10H22N2O2/c1-6-10(2,3)12(4)7-8(11)9(13)14-5/h8H,6-7,11H2,1-5H3. The average molecular weight is 202 g/mol. The topological polar surface area (TPSA) is 55.6 Å². The number of ether oxygens (including phenoxy) is 1. The minimum Gasteiger partial charge on any atom is -0.468 e. The SMILES string of the molecule is CCC(C)(C)N(C)CC(N)C(=O)OC. The van der Waals surface area contributed by atoms with Crippen molar-refractivity contribution < 1.29 is 9.53 Å². The lowest BCUT2D eigenvalue weighted by Gasteiger charge is -2.35. The van der Waals surface area contributed by atoms with Crippen LogP contribution in [0, 0.1) is 0 Å². The van der Waals surface area contributed by atoms with Crippen LogP contribution in [0.1, 0.15) is 27.2 Å². The van der Waals surface area contributed by atoms with Crippen molar-refractivity contribution in [3.63, 3.8) is 0 Å². The first kappa shape index (κ1) is 13.4. The van der Waals surface area contributed by atoms with E-state index in [1.807, 2.05) is 7.05 Å². The fourth-order valence-electron chi connectivity index (χ4n) is 1.04. The van der Waals surface area contributed by atoms with Gasteiger partial charge < -0.3 is 10.5 Å². The predicted octanol–water partition coefficient (Wildman–Crippen LogP) is 0.607. The van der Waals surface area contributed by atoms with Crippen LogP contribution >= 0.6 is 0 Å². The average Bonchev–Trinajstić information content (AvgIpc) is 2.16. The highest BCUT2D eigenvalue weighted by Crippen LogP contribution is 2.16. The number of rotatable bonds is 5. The first-order valence-corrected chi connectivity index (χ1v) is 4.89. The number of carbonyl (C=O) groups excluding carboxylic acids is 1. The molecule has 0 fully saturated rings. The van der Waals surface area contributed by atoms with Crippen LogP contribution in [0.3, 0.4) is 0 Å². The lowest BCUT2D eigenvalue weighted by Crippen LogP contribution is -2.49. The molecule has 0 spiro atoms. The van der Waals surface area contributed by atoms with Crippen LogP contribution in [0.5, 0.6) is 0 Å². The molecule has 0 aliphatic rings. The van der Waals surface area contributed by atoms with Gasteiger partial charge in [-0.05, 0) is 27.3 Å². The molecular weight excluding hydrogens is 180 g/mol. The molecule has 0 aliphatic carbocycles. The second-order valence-corrected chi connectivity index (χ2v) is 4.18. The van der Waals surface area contributed by atoms with Gasteiger partial charge in [0.2, 0.25) is 0 Å². The van der Waals surface area contributed by atoms with E-state index in [0.717, 1.165) is 6.42 Å². The van der Waals surface area contributed by atoms with Gasteiger partial charge >= 0.3 is 5.97 Å². The smallest absolute Gasteiger partial charge is 0.323 e. The van der Waals surface area contributed by atoms with Crippen molar-refractivity contribution in [3.05, 3.63) is 0 Å². The Balaban J connectivity index is 4.18. The summed E-state index contributed by atoms with van der Waals surface area (Å²) in [5, 5.41) is 0. The van der Waals surface area contributed by atoms with Crippen LogP contribution in [-0.4, -0.2) is 43.2 Å². The normalized spacial score (nSPS) is 14.2. The quantitative estimate of drug-likeness (QED) is 0.664. The van der Waals surface area contributed by atoms with Gasteiger partial charge in [0.25, 0.3) is 0 Å². The zero-order chi connectivity index (χ0) is 11.4.